The second-order valence-corrected chi connectivity index (χ2v) is 12.3. The Morgan fingerprint density at radius 2 is 0.694 bits per heavy atom. The lowest BCUT2D eigenvalue weighted by molar-refractivity contribution is 1.21. The normalized spacial score (nSPS) is 11.0. The van der Waals surface area contributed by atoms with Crippen molar-refractivity contribution < 1.29 is 0 Å². The zero-order valence-electron chi connectivity index (χ0n) is 27.4. The predicted molar refractivity (Wildman–Crippen MR) is 209 cm³/mol. The Hall–Kier alpha value is -6.38. The summed E-state index contributed by atoms with van der Waals surface area (Å²) in [6.45, 7) is 0. The predicted octanol–water partition coefficient (Wildman–Crippen LogP) is 13.1. The number of rotatable bonds is 8. The fraction of sp³-hybridized carbons (Fsp3) is 0.0213. The first-order valence-electron chi connectivity index (χ1n) is 16.7. The van der Waals surface area contributed by atoms with Gasteiger partial charge in [-0.25, -0.2) is 0 Å². The number of hydrogen-bond donors (Lipinski definition) is 0. The van der Waals surface area contributed by atoms with Gasteiger partial charge >= 0.3 is 0 Å². The van der Waals surface area contributed by atoms with E-state index in [1.54, 1.807) is 0 Å². The van der Waals surface area contributed by atoms with Crippen LogP contribution in [-0.4, -0.2) is 7.05 Å². The highest BCUT2D eigenvalue weighted by atomic mass is 15.1. The van der Waals surface area contributed by atoms with Gasteiger partial charge in [-0.05, 0) is 105 Å². The molecule has 0 heterocycles. The van der Waals surface area contributed by atoms with Crippen LogP contribution in [0.25, 0.3) is 44.2 Å². The number of anilines is 5. The number of hydrogen-bond acceptors (Lipinski definition) is 2. The third kappa shape index (κ3) is 6.33. The summed E-state index contributed by atoms with van der Waals surface area (Å²) < 4.78 is 0. The van der Waals surface area contributed by atoms with Crippen molar-refractivity contribution in [3.8, 4) is 33.4 Å². The van der Waals surface area contributed by atoms with Crippen molar-refractivity contribution in [3.63, 3.8) is 0 Å². The average molecular weight is 629 g/mol. The molecule has 49 heavy (non-hydrogen) atoms. The molecule has 0 aliphatic heterocycles. The Bertz CT molecular complexity index is 2310. The Kier molecular flexibility index (Phi) is 8.19. The molecular weight excluding hydrogens is 593 g/mol. The molecule has 0 spiro atoms. The summed E-state index contributed by atoms with van der Waals surface area (Å²) in [5, 5.41) is 2.46. The Balaban J connectivity index is 1.08. The Morgan fingerprint density at radius 1 is 0.265 bits per heavy atom. The number of benzene rings is 8. The molecule has 0 aromatic heterocycles. The van der Waals surface area contributed by atoms with Crippen molar-refractivity contribution in [3.05, 3.63) is 200 Å². The first-order chi connectivity index (χ1) is 24.2. The Morgan fingerprint density at radius 3 is 1.27 bits per heavy atom. The lowest BCUT2D eigenvalue weighted by Gasteiger charge is -2.26. The maximum Gasteiger partial charge on any atom is 0.0468 e. The molecule has 0 aliphatic rings. The van der Waals surface area contributed by atoms with Crippen LogP contribution in [0.4, 0.5) is 28.4 Å². The summed E-state index contributed by atoms with van der Waals surface area (Å²) in [4.78, 5) is 4.58. The van der Waals surface area contributed by atoms with E-state index in [1.807, 2.05) is 0 Å². The fourth-order valence-electron chi connectivity index (χ4n) is 6.55. The largest absolute Gasteiger partial charge is 0.345 e. The highest BCUT2D eigenvalue weighted by Gasteiger charge is 2.14. The smallest absolute Gasteiger partial charge is 0.0468 e. The molecule has 0 saturated carbocycles. The molecule has 0 radical (unpaired) electrons. The summed E-state index contributed by atoms with van der Waals surface area (Å²) in [5.74, 6) is 0. The first-order valence-corrected chi connectivity index (χ1v) is 16.7. The minimum Gasteiger partial charge on any atom is -0.345 e. The van der Waals surface area contributed by atoms with E-state index in [2.05, 4.69) is 217 Å². The summed E-state index contributed by atoms with van der Waals surface area (Å²) in [6.07, 6.45) is 0. The third-order valence-electron chi connectivity index (χ3n) is 9.28. The quantitative estimate of drug-likeness (QED) is 0.165. The van der Waals surface area contributed by atoms with Crippen LogP contribution in [0.3, 0.4) is 0 Å². The number of fused-ring (bicyclic) bond motifs is 1. The zero-order valence-corrected chi connectivity index (χ0v) is 27.4. The van der Waals surface area contributed by atoms with E-state index in [0.717, 1.165) is 28.4 Å². The van der Waals surface area contributed by atoms with Crippen LogP contribution < -0.4 is 9.80 Å². The van der Waals surface area contributed by atoms with Gasteiger partial charge in [0, 0.05) is 35.5 Å². The topological polar surface area (TPSA) is 6.48 Å². The van der Waals surface area contributed by atoms with Crippen molar-refractivity contribution in [2.75, 3.05) is 16.8 Å². The van der Waals surface area contributed by atoms with E-state index in [-0.39, 0.29) is 0 Å². The molecule has 0 bridgehead atoms. The van der Waals surface area contributed by atoms with E-state index in [1.165, 1.54) is 44.2 Å². The van der Waals surface area contributed by atoms with Crippen molar-refractivity contribution in [2.24, 2.45) is 0 Å². The van der Waals surface area contributed by atoms with Crippen LogP contribution in [0, 0.1) is 0 Å². The molecule has 0 aliphatic carbocycles. The molecule has 234 valence electrons. The summed E-state index contributed by atoms with van der Waals surface area (Å²) >= 11 is 0. The molecule has 0 amide bonds. The first kappa shape index (κ1) is 30.0. The van der Waals surface area contributed by atoms with Crippen LogP contribution in [0.15, 0.2) is 200 Å². The summed E-state index contributed by atoms with van der Waals surface area (Å²) in [7, 11) is 2.13. The molecule has 0 N–H and O–H groups in total. The van der Waals surface area contributed by atoms with Crippen LogP contribution in [-0.2, 0) is 0 Å². The van der Waals surface area contributed by atoms with Gasteiger partial charge in [0.15, 0.2) is 0 Å². The van der Waals surface area contributed by atoms with Gasteiger partial charge in [0.25, 0.3) is 0 Å². The van der Waals surface area contributed by atoms with Gasteiger partial charge in [-0.1, -0.05) is 140 Å². The fourth-order valence-corrected chi connectivity index (χ4v) is 6.55. The van der Waals surface area contributed by atoms with E-state index in [0.29, 0.717) is 0 Å². The molecule has 8 rings (SSSR count). The molecular formula is C47H36N2. The lowest BCUT2D eigenvalue weighted by Crippen LogP contribution is -2.10. The molecule has 0 saturated heterocycles. The molecule has 8 aromatic carbocycles. The maximum absolute atomic E-state index is 2.34. The minimum atomic E-state index is 1.11. The maximum atomic E-state index is 2.34. The van der Waals surface area contributed by atoms with Gasteiger partial charge in [-0.2, -0.15) is 0 Å². The molecule has 0 atom stereocenters. The number of nitrogens with zero attached hydrogens (tertiary/aromatic N) is 2. The average Bonchev–Trinajstić information content (AvgIpc) is 3.19. The Labute approximate surface area is 288 Å². The van der Waals surface area contributed by atoms with Gasteiger partial charge in [0.2, 0.25) is 0 Å². The van der Waals surface area contributed by atoms with Crippen molar-refractivity contribution in [2.45, 2.75) is 0 Å². The van der Waals surface area contributed by atoms with Gasteiger partial charge < -0.3 is 9.80 Å². The highest BCUT2D eigenvalue weighted by Crippen LogP contribution is 2.38. The van der Waals surface area contributed by atoms with E-state index in [4.69, 9.17) is 0 Å². The van der Waals surface area contributed by atoms with E-state index in [9.17, 15) is 0 Å². The molecule has 0 unspecified atom stereocenters. The van der Waals surface area contributed by atoms with Crippen molar-refractivity contribution >= 4 is 39.2 Å². The summed E-state index contributed by atoms with van der Waals surface area (Å²) in [5.41, 5.74) is 12.9. The lowest BCUT2D eigenvalue weighted by atomic mass is 10.0. The van der Waals surface area contributed by atoms with Crippen LogP contribution in [0.5, 0.6) is 0 Å². The summed E-state index contributed by atoms with van der Waals surface area (Å²) in [6, 6.07) is 71.6. The monoisotopic (exact) mass is 628 g/mol. The van der Waals surface area contributed by atoms with Crippen LogP contribution >= 0.6 is 0 Å². The second-order valence-electron chi connectivity index (χ2n) is 12.3. The van der Waals surface area contributed by atoms with Crippen LogP contribution in [0.2, 0.25) is 0 Å². The molecule has 2 nitrogen and oxygen atoms in total. The van der Waals surface area contributed by atoms with E-state index < -0.39 is 0 Å². The van der Waals surface area contributed by atoms with Gasteiger partial charge in [0.1, 0.15) is 0 Å². The van der Waals surface area contributed by atoms with E-state index >= 15 is 0 Å². The standard InChI is InChI=1S/C47H36N2/c1-48(46-18-10-17-42(33-46)36-13-6-3-7-14-36)43-26-19-39(20-27-43)40-23-30-45(31-24-40)49(47-32-25-37-15-8-9-16-41(37)34-47)44-28-21-38(22-29-44)35-11-4-2-5-12-35/h2-34H,1H3. The van der Waals surface area contributed by atoms with Gasteiger partial charge in [0.05, 0.1) is 0 Å². The molecule has 0 fully saturated rings. The zero-order chi connectivity index (χ0) is 33.0. The van der Waals surface area contributed by atoms with Crippen molar-refractivity contribution in [1.82, 2.24) is 0 Å². The van der Waals surface area contributed by atoms with Gasteiger partial charge in [-0.15, -0.1) is 0 Å². The van der Waals surface area contributed by atoms with Crippen LogP contribution in [0.1, 0.15) is 0 Å². The SMILES string of the molecule is CN(c1ccc(-c2ccc(N(c3ccc(-c4ccccc4)cc3)c3ccc4ccccc4c3)cc2)cc1)c1cccc(-c2ccccc2)c1. The minimum absolute atomic E-state index is 1.11. The highest BCUT2D eigenvalue weighted by molar-refractivity contribution is 5.89. The van der Waals surface area contributed by atoms with Crippen molar-refractivity contribution in [1.29, 1.82) is 0 Å². The second kappa shape index (κ2) is 13.4. The molecule has 8 aromatic rings. The molecule has 2 heteroatoms. The third-order valence-corrected chi connectivity index (χ3v) is 9.28. The van der Waals surface area contributed by atoms with Gasteiger partial charge in [-0.3, -0.25) is 0 Å².